The molecule has 0 atom stereocenters. The minimum Gasteiger partial charge on any atom is -0.318 e. The van der Waals surface area contributed by atoms with Crippen molar-refractivity contribution in [2.24, 2.45) is 0 Å². The molecule has 0 bridgehead atoms. The van der Waals surface area contributed by atoms with Crippen LogP contribution in [0.25, 0.3) is 0 Å². The van der Waals surface area contributed by atoms with Gasteiger partial charge in [-0.3, -0.25) is 4.79 Å². The molecule has 10 heavy (non-hydrogen) atoms. The Bertz CT molecular complexity index is 102. The molecule has 0 spiro atoms. The van der Waals surface area contributed by atoms with E-state index >= 15 is 0 Å². The summed E-state index contributed by atoms with van der Waals surface area (Å²) in [6.45, 7) is 6.86. The maximum absolute atomic E-state index is 10.9. The summed E-state index contributed by atoms with van der Waals surface area (Å²) in [5.74, 6) is -0.926. The molecule has 0 saturated heterocycles. The van der Waals surface area contributed by atoms with Crippen molar-refractivity contribution in [3.63, 3.8) is 0 Å². The molecule has 0 aliphatic rings. The third-order valence-electron chi connectivity index (χ3n) is 0.705. The fraction of sp³-hybridized carbons (Fsp3) is 0.571. The van der Waals surface area contributed by atoms with Gasteiger partial charge in [0.05, 0.1) is 0 Å². The van der Waals surface area contributed by atoms with Gasteiger partial charge in [0.15, 0.2) is 12.1 Å². The van der Waals surface area contributed by atoms with Crippen LogP contribution in [0.15, 0.2) is 12.4 Å². The van der Waals surface area contributed by atoms with E-state index in [2.05, 4.69) is 25.7 Å². The van der Waals surface area contributed by atoms with Crippen molar-refractivity contribution in [2.45, 2.75) is 19.9 Å². The highest BCUT2D eigenvalue weighted by Crippen LogP contribution is 1.77. The van der Waals surface area contributed by atoms with Gasteiger partial charge >= 0.3 is 0 Å². The summed E-state index contributed by atoms with van der Waals surface area (Å²) in [6.07, 6.45) is 0.0556. The molecule has 0 aromatic rings. The van der Waals surface area contributed by atoms with Gasteiger partial charge in [0.2, 0.25) is 0 Å². The Morgan fingerprint density at radius 3 is 1.90 bits per heavy atom. The number of rotatable bonds is 2. The van der Waals surface area contributed by atoms with Gasteiger partial charge in [0.1, 0.15) is 0 Å². The van der Waals surface area contributed by atoms with Crippen molar-refractivity contribution in [1.29, 1.82) is 0 Å². The van der Waals surface area contributed by atoms with E-state index in [4.69, 9.17) is 4.79 Å². The second-order valence-corrected chi connectivity index (χ2v) is 2.01. The Morgan fingerprint density at radius 2 is 1.90 bits per heavy atom. The Labute approximate surface area is 61.1 Å². The lowest BCUT2D eigenvalue weighted by molar-refractivity contribution is -0.106. The number of nitrogens with one attached hydrogen (secondary N) is 1. The lowest BCUT2D eigenvalue weighted by Gasteiger charge is -1.95. The van der Waals surface area contributed by atoms with Crippen LogP contribution in [0.1, 0.15) is 13.8 Å². The lowest BCUT2D eigenvalue weighted by atomic mass is 10.4. The highest BCUT2D eigenvalue weighted by Gasteiger charge is 1.76. The molecule has 0 radical (unpaired) electrons. The van der Waals surface area contributed by atoms with Gasteiger partial charge in [-0.15, -0.1) is 0 Å². The first-order valence-electron chi connectivity index (χ1n) is 3.01. The van der Waals surface area contributed by atoms with Crippen LogP contribution in [0.5, 0.6) is 0 Å². The summed E-state index contributed by atoms with van der Waals surface area (Å²) in [5.41, 5.74) is 0. The number of carbonyl (C=O) groups is 1. The number of aldehydes is 1. The molecule has 0 aliphatic carbocycles. The molecule has 0 unspecified atom stereocenters. The Morgan fingerprint density at radius 1 is 1.70 bits per heavy atom. The van der Waals surface area contributed by atoms with Gasteiger partial charge in [-0.25, -0.2) is 4.39 Å². The summed E-state index contributed by atoms with van der Waals surface area (Å²) in [4.78, 5) is 9.03. The molecule has 0 rings (SSSR count). The molecule has 60 valence electrons. The molecule has 1 N–H and O–H groups in total. The van der Waals surface area contributed by atoms with Crippen molar-refractivity contribution >= 4 is 6.29 Å². The normalized spacial score (nSPS) is 8.10. The van der Waals surface area contributed by atoms with Gasteiger partial charge in [-0.05, 0) is 7.05 Å². The summed E-state index contributed by atoms with van der Waals surface area (Å²) < 4.78 is 10.9. The topological polar surface area (TPSA) is 29.1 Å². The molecule has 0 aromatic heterocycles. The zero-order chi connectivity index (χ0) is 8.57. The summed E-state index contributed by atoms with van der Waals surface area (Å²) in [7, 11) is 1.95. The first kappa shape index (κ1) is 12.0. The molecule has 2 nitrogen and oxygen atoms in total. The third-order valence-corrected chi connectivity index (χ3v) is 0.705. The molecular weight excluding hydrogens is 133 g/mol. The summed E-state index contributed by atoms with van der Waals surface area (Å²) >= 11 is 0. The molecule has 3 heteroatoms. The van der Waals surface area contributed by atoms with E-state index in [1.54, 1.807) is 0 Å². The van der Waals surface area contributed by atoms with E-state index in [0.29, 0.717) is 6.04 Å². The number of hydrogen-bond donors (Lipinski definition) is 1. The highest BCUT2D eigenvalue weighted by molar-refractivity contribution is 5.68. The maximum atomic E-state index is 10.9. The van der Waals surface area contributed by atoms with Crippen LogP contribution in [0.4, 0.5) is 4.39 Å². The largest absolute Gasteiger partial charge is 0.318 e. The first-order valence-corrected chi connectivity index (χ1v) is 3.01. The van der Waals surface area contributed by atoms with Gasteiger partial charge in [-0.1, -0.05) is 20.4 Å². The highest BCUT2D eigenvalue weighted by atomic mass is 19.1. The summed E-state index contributed by atoms with van der Waals surface area (Å²) in [6, 6.07) is 0.634. The van der Waals surface area contributed by atoms with E-state index in [1.807, 2.05) is 7.05 Å². The van der Waals surface area contributed by atoms with Crippen LogP contribution in [0.2, 0.25) is 0 Å². The average Bonchev–Trinajstić information content (AvgIpc) is 1.89. The number of carbonyl (C=O) groups excluding carboxylic acids is 1. The molecule has 0 heterocycles. The minimum absolute atomic E-state index is 0.0556. The Hall–Kier alpha value is -0.700. The standard InChI is InChI=1S/C4H11N.C3H3FO/c1-4(2)5-3;1-3(4)2-5/h4-5H,1-3H3;2H,1H2. The molecule has 0 fully saturated rings. The van der Waals surface area contributed by atoms with E-state index in [9.17, 15) is 4.39 Å². The second-order valence-electron chi connectivity index (χ2n) is 2.01. The fourth-order valence-electron chi connectivity index (χ4n) is 0. The van der Waals surface area contributed by atoms with E-state index in [0.717, 1.165) is 0 Å². The number of halogens is 1. The minimum atomic E-state index is -0.926. The Kier molecular flexibility index (Phi) is 9.98. The third kappa shape index (κ3) is 26.6. The van der Waals surface area contributed by atoms with Crippen molar-refractivity contribution < 1.29 is 9.18 Å². The van der Waals surface area contributed by atoms with Crippen LogP contribution < -0.4 is 5.32 Å². The summed E-state index contributed by atoms with van der Waals surface area (Å²) in [5, 5.41) is 3.03. The van der Waals surface area contributed by atoms with Crippen molar-refractivity contribution in [2.75, 3.05) is 7.05 Å². The van der Waals surface area contributed by atoms with Crippen LogP contribution in [0.3, 0.4) is 0 Å². The predicted molar refractivity (Wildman–Crippen MR) is 40.5 cm³/mol. The number of allylic oxidation sites excluding steroid dienone is 1. The average molecular weight is 147 g/mol. The second kappa shape index (κ2) is 8.30. The molecule has 0 saturated carbocycles. The van der Waals surface area contributed by atoms with E-state index in [-0.39, 0.29) is 6.29 Å². The maximum Gasteiger partial charge on any atom is 0.177 e. The molecule has 0 aromatic carbocycles. The monoisotopic (exact) mass is 147 g/mol. The Balaban J connectivity index is 0. The van der Waals surface area contributed by atoms with Gasteiger partial charge < -0.3 is 5.32 Å². The molecule has 0 amide bonds. The quantitative estimate of drug-likeness (QED) is 0.471. The van der Waals surface area contributed by atoms with Crippen molar-refractivity contribution in [1.82, 2.24) is 5.32 Å². The SMILES string of the molecule is C=C(F)C=O.CNC(C)C. The van der Waals surface area contributed by atoms with Crippen molar-refractivity contribution in [3.05, 3.63) is 12.4 Å². The van der Waals surface area contributed by atoms with E-state index < -0.39 is 5.83 Å². The zero-order valence-corrected chi connectivity index (χ0v) is 6.65. The van der Waals surface area contributed by atoms with Crippen LogP contribution in [-0.2, 0) is 4.79 Å². The predicted octanol–water partition coefficient (Wildman–Crippen LogP) is 1.28. The molecular formula is C7H14FNO. The fourth-order valence-corrected chi connectivity index (χ4v) is 0. The van der Waals surface area contributed by atoms with Gasteiger partial charge in [0.25, 0.3) is 0 Å². The first-order chi connectivity index (χ1) is 4.54. The van der Waals surface area contributed by atoms with Crippen LogP contribution in [-0.4, -0.2) is 19.4 Å². The lowest BCUT2D eigenvalue weighted by Crippen LogP contribution is -2.15. The van der Waals surface area contributed by atoms with Gasteiger partial charge in [-0.2, -0.15) is 0 Å². The number of hydrogen-bond acceptors (Lipinski definition) is 2. The van der Waals surface area contributed by atoms with Gasteiger partial charge in [0, 0.05) is 6.04 Å². The van der Waals surface area contributed by atoms with Crippen molar-refractivity contribution in [3.8, 4) is 0 Å². The van der Waals surface area contributed by atoms with E-state index in [1.165, 1.54) is 0 Å². The molecule has 0 aliphatic heterocycles. The zero-order valence-electron chi connectivity index (χ0n) is 6.65. The smallest absolute Gasteiger partial charge is 0.177 e. The van der Waals surface area contributed by atoms with Crippen LogP contribution >= 0.6 is 0 Å². The van der Waals surface area contributed by atoms with Crippen LogP contribution in [0, 0.1) is 0 Å².